The van der Waals surface area contributed by atoms with E-state index in [-0.39, 0.29) is 11.8 Å². The number of ether oxygens (including phenoxy) is 2. The second kappa shape index (κ2) is 10.1. The van der Waals surface area contributed by atoms with E-state index in [0.29, 0.717) is 32.7 Å². The van der Waals surface area contributed by atoms with E-state index in [1.807, 2.05) is 11.0 Å². The van der Waals surface area contributed by atoms with Gasteiger partial charge < -0.3 is 18.9 Å². The van der Waals surface area contributed by atoms with E-state index in [9.17, 15) is 4.79 Å². The van der Waals surface area contributed by atoms with Crippen molar-refractivity contribution in [3.63, 3.8) is 0 Å². The predicted octanol–water partition coefficient (Wildman–Crippen LogP) is 5.20. The SMILES string of the molecule is COc1ccc2c(c1)c(CC(C)CC(=O)N1CCOCC1)c(C)n2Cc1ccc(Br)cc1. The zero-order valence-electron chi connectivity index (χ0n) is 19.1. The number of amides is 1. The van der Waals surface area contributed by atoms with Crippen LogP contribution in [-0.4, -0.2) is 48.8 Å². The van der Waals surface area contributed by atoms with E-state index in [2.05, 4.69) is 70.7 Å². The van der Waals surface area contributed by atoms with E-state index >= 15 is 0 Å². The molecule has 5 nitrogen and oxygen atoms in total. The number of benzene rings is 2. The highest BCUT2D eigenvalue weighted by molar-refractivity contribution is 9.10. The van der Waals surface area contributed by atoms with E-state index in [1.165, 1.54) is 27.7 Å². The van der Waals surface area contributed by atoms with Gasteiger partial charge in [0, 0.05) is 47.1 Å². The molecule has 0 N–H and O–H groups in total. The van der Waals surface area contributed by atoms with Crippen molar-refractivity contribution in [2.45, 2.75) is 33.2 Å². The second-order valence-electron chi connectivity index (χ2n) is 8.67. The van der Waals surface area contributed by atoms with Crippen LogP contribution in [0.25, 0.3) is 10.9 Å². The Bertz CT molecular complexity index is 1080. The molecule has 1 aromatic heterocycles. The Morgan fingerprint density at radius 2 is 1.88 bits per heavy atom. The van der Waals surface area contributed by atoms with Gasteiger partial charge in [-0.2, -0.15) is 0 Å². The van der Waals surface area contributed by atoms with Gasteiger partial charge in [-0.25, -0.2) is 0 Å². The number of aromatic nitrogens is 1. The Kier molecular flexibility index (Phi) is 7.21. The Morgan fingerprint density at radius 3 is 2.56 bits per heavy atom. The van der Waals surface area contributed by atoms with E-state index in [4.69, 9.17) is 9.47 Å². The van der Waals surface area contributed by atoms with Gasteiger partial charge in [0.1, 0.15) is 5.75 Å². The highest BCUT2D eigenvalue weighted by atomic mass is 79.9. The van der Waals surface area contributed by atoms with Gasteiger partial charge in [0.2, 0.25) is 5.91 Å². The molecule has 1 atom stereocenters. The van der Waals surface area contributed by atoms with Crippen molar-refractivity contribution in [1.29, 1.82) is 0 Å². The number of fused-ring (bicyclic) bond motifs is 1. The van der Waals surface area contributed by atoms with Crippen molar-refractivity contribution in [3.05, 3.63) is 63.8 Å². The maximum absolute atomic E-state index is 12.8. The zero-order chi connectivity index (χ0) is 22.7. The van der Waals surface area contributed by atoms with Gasteiger partial charge in [0.15, 0.2) is 0 Å². The first-order valence-corrected chi connectivity index (χ1v) is 12.0. The summed E-state index contributed by atoms with van der Waals surface area (Å²) in [6, 6.07) is 14.8. The number of hydrogen-bond donors (Lipinski definition) is 0. The summed E-state index contributed by atoms with van der Waals surface area (Å²) in [4.78, 5) is 14.7. The van der Waals surface area contributed by atoms with Crippen molar-refractivity contribution in [3.8, 4) is 5.75 Å². The number of methoxy groups -OCH3 is 1. The molecule has 170 valence electrons. The fourth-order valence-corrected chi connectivity index (χ4v) is 4.82. The van der Waals surface area contributed by atoms with Gasteiger partial charge >= 0.3 is 0 Å². The minimum Gasteiger partial charge on any atom is -0.497 e. The minimum absolute atomic E-state index is 0.231. The monoisotopic (exact) mass is 498 g/mol. The Hall–Kier alpha value is -2.31. The maximum atomic E-state index is 12.8. The third-order valence-electron chi connectivity index (χ3n) is 6.35. The van der Waals surface area contributed by atoms with Gasteiger partial charge in [0.05, 0.1) is 20.3 Å². The fraction of sp³-hybridized carbons (Fsp3) is 0.423. The summed E-state index contributed by atoms with van der Waals surface area (Å²) < 4.78 is 14.4. The molecule has 2 heterocycles. The van der Waals surface area contributed by atoms with Crippen LogP contribution >= 0.6 is 15.9 Å². The highest BCUT2D eigenvalue weighted by Crippen LogP contribution is 2.32. The average Bonchev–Trinajstić information content (AvgIpc) is 3.06. The molecule has 1 saturated heterocycles. The molecule has 1 fully saturated rings. The number of halogens is 1. The minimum atomic E-state index is 0.231. The molecule has 0 spiro atoms. The van der Waals surface area contributed by atoms with E-state index < -0.39 is 0 Å². The summed E-state index contributed by atoms with van der Waals surface area (Å²) in [5, 5.41) is 1.21. The average molecular weight is 499 g/mol. The first kappa shape index (κ1) is 22.9. The van der Waals surface area contributed by atoms with Crippen molar-refractivity contribution in [2.24, 2.45) is 5.92 Å². The molecule has 4 rings (SSSR count). The summed E-state index contributed by atoms with van der Waals surface area (Å²) in [6.07, 6.45) is 1.42. The lowest BCUT2D eigenvalue weighted by Gasteiger charge is -2.28. The Labute approximate surface area is 198 Å². The van der Waals surface area contributed by atoms with Crippen LogP contribution in [0.5, 0.6) is 5.75 Å². The fourth-order valence-electron chi connectivity index (χ4n) is 4.55. The quantitative estimate of drug-likeness (QED) is 0.449. The van der Waals surface area contributed by atoms with Crippen LogP contribution < -0.4 is 4.74 Å². The Morgan fingerprint density at radius 1 is 1.16 bits per heavy atom. The number of hydrogen-bond acceptors (Lipinski definition) is 3. The first-order chi connectivity index (χ1) is 15.5. The molecule has 1 amide bonds. The molecule has 1 aliphatic heterocycles. The van der Waals surface area contributed by atoms with Crippen molar-refractivity contribution < 1.29 is 14.3 Å². The Balaban J connectivity index is 1.61. The van der Waals surface area contributed by atoms with Gasteiger partial charge in [-0.15, -0.1) is 0 Å². The van der Waals surface area contributed by atoms with E-state index in [1.54, 1.807) is 7.11 Å². The first-order valence-electron chi connectivity index (χ1n) is 11.2. The molecule has 0 radical (unpaired) electrons. The van der Waals surface area contributed by atoms with Crippen LogP contribution in [0.3, 0.4) is 0 Å². The molecular weight excluding hydrogens is 468 g/mol. The van der Waals surface area contributed by atoms with Crippen LogP contribution in [0.15, 0.2) is 46.9 Å². The number of rotatable bonds is 7. The van der Waals surface area contributed by atoms with Crippen LogP contribution in [0, 0.1) is 12.8 Å². The lowest BCUT2D eigenvalue weighted by molar-refractivity contribution is -0.136. The molecule has 2 aromatic carbocycles. The van der Waals surface area contributed by atoms with Crippen molar-refractivity contribution in [1.82, 2.24) is 9.47 Å². The maximum Gasteiger partial charge on any atom is 0.223 e. The molecular formula is C26H31BrN2O3. The smallest absolute Gasteiger partial charge is 0.223 e. The summed E-state index contributed by atoms with van der Waals surface area (Å²) in [6.45, 7) is 7.86. The summed E-state index contributed by atoms with van der Waals surface area (Å²) in [5.74, 6) is 1.34. The lowest BCUT2D eigenvalue weighted by atomic mass is 9.95. The topological polar surface area (TPSA) is 43.7 Å². The number of carbonyl (C=O) groups excluding carboxylic acids is 1. The van der Waals surface area contributed by atoms with Crippen LogP contribution in [-0.2, 0) is 22.5 Å². The standard InChI is InChI=1S/C26H31BrN2O3/c1-18(15-26(30)28-10-12-32-13-11-28)14-23-19(2)29(17-20-4-6-21(27)7-5-20)25-9-8-22(31-3)16-24(23)25/h4-9,16,18H,10-15,17H2,1-3H3. The third-order valence-corrected chi connectivity index (χ3v) is 6.88. The van der Waals surface area contributed by atoms with Crippen molar-refractivity contribution in [2.75, 3.05) is 33.4 Å². The van der Waals surface area contributed by atoms with Crippen molar-refractivity contribution >= 4 is 32.7 Å². The summed E-state index contributed by atoms with van der Waals surface area (Å²) in [7, 11) is 1.70. The summed E-state index contributed by atoms with van der Waals surface area (Å²) in [5.41, 5.74) is 5.01. The van der Waals surface area contributed by atoms with Crippen LogP contribution in [0.4, 0.5) is 0 Å². The summed E-state index contributed by atoms with van der Waals surface area (Å²) >= 11 is 3.52. The molecule has 0 aliphatic carbocycles. The predicted molar refractivity (Wildman–Crippen MR) is 131 cm³/mol. The molecule has 6 heteroatoms. The molecule has 0 bridgehead atoms. The number of nitrogens with zero attached hydrogens (tertiary/aromatic N) is 2. The highest BCUT2D eigenvalue weighted by Gasteiger charge is 2.22. The number of morpholine rings is 1. The second-order valence-corrected chi connectivity index (χ2v) is 9.58. The molecule has 1 aliphatic rings. The lowest BCUT2D eigenvalue weighted by Crippen LogP contribution is -2.41. The van der Waals surface area contributed by atoms with Crippen LogP contribution in [0.2, 0.25) is 0 Å². The normalized spacial score (nSPS) is 15.2. The van der Waals surface area contributed by atoms with Gasteiger partial charge in [-0.1, -0.05) is 35.0 Å². The molecule has 3 aromatic rings. The van der Waals surface area contributed by atoms with Gasteiger partial charge in [-0.05, 0) is 60.7 Å². The zero-order valence-corrected chi connectivity index (χ0v) is 20.7. The van der Waals surface area contributed by atoms with Gasteiger partial charge in [-0.3, -0.25) is 4.79 Å². The third kappa shape index (κ3) is 5.02. The van der Waals surface area contributed by atoms with E-state index in [0.717, 1.165) is 23.2 Å². The number of carbonyl (C=O) groups is 1. The largest absolute Gasteiger partial charge is 0.497 e. The van der Waals surface area contributed by atoms with Crippen LogP contribution in [0.1, 0.15) is 30.2 Å². The molecule has 0 saturated carbocycles. The molecule has 1 unspecified atom stereocenters. The van der Waals surface area contributed by atoms with Gasteiger partial charge in [0.25, 0.3) is 0 Å². The molecule has 32 heavy (non-hydrogen) atoms.